The molecule has 2 aliphatic heterocycles. The van der Waals surface area contributed by atoms with Gasteiger partial charge in [0.1, 0.15) is 6.04 Å². The smallest absolute Gasteiger partial charge is 0.254 e. The molecule has 3 rings (SSSR count). The maximum Gasteiger partial charge on any atom is 0.254 e. The highest BCUT2D eigenvalue weighted by atomic mass is 16.2. The summed E-state index contributed by atoms with van der Waals surface area (Å²) in [5.74, 6) is 0.383. The lowest BCUT2D eigenvalue weighted by Crippen LogP contribution is -2.52. The molecule has 0 saturated carbocycles. The molecule has 8 heteroatoms. The first-order valence-corrected chi connectivity index (χ1v) is 10.5. The van der Waals surface area contributed by atoms with Crippen molar-refractivity contribution in [2.45, 2.75) is 52.5 Å². The third kappa shape index (κ3) is 4.97. The van der Waals surface area contributed by atoms with Crippen LogP contribution in [-0.2, 0) is 16.6 Å². The average Bonchev–Trinajstić information content (AvgIpc) is 3.33. The van der Waals surface area contributed by atoms with E-state index in [1.807, 2.05) is 25.7 Å². The molecule has 2 saturated heterocycles. The van der Waals surface area contributed by atoms with Gasteiger partial charge < -0.3 is 15.1 Å². The van der Waals surface area contributed by atoms with Crippen molar-refractivity contribution in [2.24, 2.45) is 18.4 Å². The van der Waals surface area contributed by atoms with E-state index >= 15 is 0 Å². The molecule has 1 unspecified atom stereocenters. The molecule has 1 atom stereocenters. The monoisotopic (exact) mass is 403 g/mol. The Balaban J connectivity index is 1.48. The number of likely N-dealkylation sites (tertiary alicyclic amines) is 2. The van der Waals surface area contributed by atoms with Gasteiger partial charge in [0.05, 0.1) is 11.8 Å². The van der Waals surface area contributed by atoms with Crippen molar-refractivity contribution in [3.8, 4) is 0 Å². The Morgan fingerprint density at radius 1 is 1.14 bits per heavy atom. The number of hydrogen-bond donors (Lipinski definition) is 1. The van der Waals surface area contributed by atoms with Crippen molar-refractivity contribution in [3.63, 3.8) is 0 Å². The summed E-state index contributed by atoms with van der Waals surface area (Å²) in [5, 5.41) is 6.99. The molecule has 8 nitrogen and oxygen atoms in total. The first-order valence-electron chi connectivity index (χ1n) is 10.5. The molecular weight excluding hydrogens is 370 g/mol. The lowest BCUT2D eigenvalue weighted by molar-refractivity contribution is -0.149. The second-order valence-electron chi connectivity index (χ2n) is 9.29. The zero-order valence-corrected chi connectivity index (χ0v) is 18.0. The highest BCUT2D eigenvalue weighted by molar-refractivity contribution is 5.93. The summed E-state index contributed by atoms with van der Waals surface area (Å²) in [7, 11) is 1.78. The minimum atomic E-state index is -0.470. The van der Waals surface area contributed by atoms with Gasteiger partial charge in [0.15, 0.2) is 0 Å². The Bertz CT molecular complexity index is 759. The maximum absolute atomic E-state index is 13.1. The summed E-state index contributed by atoms with van der Waals surface area (Å²) in [4.78, 5) is 41.6. The number of nitrogens with one attached hydrogen (secondary N) is 1. The second-order valence-corrected chi connectivity index (χ2v) is 9.29. The summed E-state index contributed by atoms with van der Waals surface area (Å²) >= 11 is 0. The Morgan fingerprint density at radius 2 is 1.83 bits per heavy atom. The first kappa shape index (κ1) is 21.3. The SMILES string of the molecule is Cn1cc(C(=O)NCC2CCN(C(=O)C3CCCN3C(=O)C(C)(C)C)CC2)cn1. The fourth-order valence-electron chi connectivity index (χ4n) is 4.14. The summed E-state index contributed by atoms with van der Waals surface area (Å²) in [5.41, 5.74) is 0.0902. The molecule has 1 N–H and O–H groups in total. The van der Waals surface area contributed by atoms with E-state index in [-0.39, 0.29) is 23.8 Å². The van der Waals surface area contributed by atoms with Crippen LogP contribution in [0.3, 0.4) is 0 Å². The lowest BCUT2D eigenvalue weighted by Gasteiger charge is -2.37. The van der Waals surface area contributed by atoms with Crippen LogP contribution in [0.5, 0.6) is 0 Å². The molecule has 0 spiro atoms. The zero-order valence-electron chi connectivity index (χ0n) is 18.0. The summed E-state index contributed by atoms with van der Waals surface area (Å²) < 4.78 is 1.61. The van der Waals surface area contributed by atoms with Crippen molar-refractivity contribution in [1.29, 1.82) is 0 Å². The van der Waals surface area contributed by atoms with Gasteiger partial charge >= 0.3 is 0 Å². The van der Waals surface area contributed by atoms with E-state index < -0.39 is 5.41 Å². The van der Waals surface area contributed by atoms with E-state index in [1.54, 1.807) is 29.0 Å². The summed E-state index contributed by atoms with van der Waals surface area (Å²) in [6, 6.07) is -0.316. The van der Waals surface area contributed by atoms with E-state index in [1.165, 1.54) is 0 Å². The molecule has 0 radical (unpaired) electrons. The van der Waals surface area contributed by atoms with Gasteiger partial charge in [-0.1, -0.05) is 20.8 Å². The number of piperidine rings is 1. The Hall–Kier alpha value is -2.38. The van der Waals surface area contributed by atoms with Crippen LogP contribution < -0.4 is 5.32 Å². The van der Waals surface area contributed by atoms with Gasteiger partial charge in [0.2, 0.25) is 11.8 Å². The van der Waals surface area contributed by atoms with Crippen molar-refractivity contribution in [1.82, 2.24) is 24.9 Å². The number of rotatable bonds is 4. The highest BCUT2D eigenvalue weighted by Gasteiger charge is 2.40. The molecule has 0 aliphatic carbocycles. The molecule has 0 aromatic carbocycles. The van der Waals surface area contributed by atoms with Crippen LogP contribution in [0.2, 0.25) is 0 Å². The molecule has 3 amide bonds. The van der Waals surface area contributed by atoms with Crippen LogP contribution in [0.25, 0.3) is 0 Å². The highest BCUT2D eigenvalue weighted by Crippen LogP contribution is 2.27. The third-order valence-electron chi connectivity index (χ3n) is 5.88. The van der Waals surface area contributed by atoms with Crippen molar-refractivity contribution in [2.75, 3.05) is 26.2 Å². The van der Waals surface area contributed by atoms with Gasteiger partial charge in [-0.15, -0.1) is 0 Å². The summed E-state index contributed by atoms with van der Waals surface area (Å²) in [6.45, 7) is 8.35. The topological polar surface area (TPSA) is 87.5 Å². The molecule has 1 aromatic rings. The van der Waals surface area contributed by atoms with Gasteiger partial charge in [0, 0.05) is 44.8 Å². The zero-order chi connectivity index (χ0) is 21.2. The molecule has 2 fully saturated rings. The van der Waals surface area contributed by atoms with E-state index in [9.17, 15) is 14.4 Å². The number of amides is 3. The largest absolute Gasteiger partial charge is 0.352 e. The summed E-state index contributed by atoms with van der Waals surface area (Å²) in [6.07, 6.45) is 6.61. The Labute approximate surface area is 172 Å². The predicted molar refractivity (Wildman–Crippen MR) is 109 cm³/mol. The number of hydrogen-bond acceptors (Lipinski definition) is 4. The minimum absolute atomic E-state index is 0.0568. The number of carbonyl (C=O) groups is 3. The molecule has 160 valence electrons. The number of nitrogens with zero attached hydrogens (tertiary/aromatic N) is 4. The van der Waals surface area contributed by atoms with Crippen LogP contribution in [0.4, 0.5) is 0 Å². The van der Waals surface area contributed by atoms with Gasteiger partial charge in [-0.2, -0.15) is 5.10 Å². The van der Waals surface area contributed by atoms with Gasteiger partial charge in [0.25, 0.3) is 5.91 Å². The number of aryl methyl sites for hydroxylation is 1. The first-order chi connectivity index (χ1) is 13.7. The van der Waals surface area contributed by atoms with Gasteiger partial charge in [-0.05, 0) is 31.6 Å². The van der Waals surface area contributed by atoms with E-state index in [4.69, 9.17) is 0 Å². The average molecular weight is 404 g/mol. The van der Waals surface area contributed by atoms with Crippen LogP contribution in [0.15, 0.2) is 12.4 Å². The lowest BCUT2D eigenvalue weighted by atomic mass is 9.93. The van der Waals surface area contributed by atoms with Crippen LogP contribution in [0.1, 0.15) is 56.8 Å². The molecule has 3 heterocycles. The second kappa shape index (κ2) is 8.55. The van der Waals surface area contributed by atoms with Crippen LogP contribution in [0, 0.1) is 11.3 Å². The van der Waals surface area contributed by atoms with E-state index in [0.29, 0.717) is 37.7 Å². The Kier molecular flexibility index (Phi) is 6.29. The van der Waals surface area contributed by atoms with Crippen molar-refractivity contribution in [3.05, 3.63) is 18.0 Å². The molecule has 1 aromatic heterocycles. The maximum atomic E-state index is 13.1. The molecule has 2 aliphatic rings. The van der Waals surface area contributed by atoms with Gasteiger partial charge in [-0.25, -0.2) is 0 Å². The van der Waals surface area contributed by atoms with Gasteiger partial charge in [-0.3, -0.25) is 19.1 Å². The minimum Gasteiger partial charge on any atom is -0.352 e. The molecular formula is C21H33N5O3. The number of carbonyl (C=O) groups excluding carboxylic acids is 3. The molecule has 29 heavy (non-hydrogen) atoms. The quantitative estimate of drug-likeness (QED) is 0.824. The third-order valence-corrected chi connectivity index (χ3v) is 5.88. The standard InChI is InChI=1S/C21H33N5O3/c1-21(2,3)20(29)26-9-5-6-17(26)19(28)25-10-7-15(8-11-25)12-22-18(27)16-13-23-24(4)14-16/h13-15,17H,5-12H2,1-4H3,(H,22,27). The van der Waals surface area contributed by atoms with Crippen molar-refractivity contribution < 1.29 is 14.4 Å². The van der Waals surface area contributed by atoms with E-state index in [0.717, 1.165) is 25.7 Å². The fourth-order valence-corrected chi connectivity index (χ4v) is 4.14. The molecule has 0 bridgehead atoms. The van der Waals surface area contributed by atoms with E-state index in [2.05, 4.69) is 10.4 Å². The van der Waals surface area contributed by atoms with Crippen LogP contribution in [-0.4, -0.2) is 69.5 Å². The fraction of sp³-hybridized carbons (Fsp3) is 0.714. The van der Waals surface area contributed by atoms with Crippen molar-refractivity contribution >= 4 is 17.7 Å². The normalized spacial score (nSPS) is 20.8. The number of aromatic nitrogens is 2. The predicted octanol–water partition coefficient (Wildman–Crippen LogP) is 1.43. The van der Waals surface area contributed by atoms with Crippen LogP contribution >= 0.6 is 0 Å². The Morgan fingerprint density at radius 3 is 2.41 bits per heavy atom.